The number of nitrogen functional groups attached to an aromatic ring is 1. The van der Waals surface area contributed by atoms with E-state index in [9.17, 15) is 20.3 Å². The summed E-state index contributed by atoms with van der Waals surface area (Å²) < 4.78 is 0. The molecule has 17 heavy (non-hydrogen) atoms. The van der Waals surface area contributed by atoms with Crippen LogP contribution in [0.15, 0.2) is 18.2 Å². The van der Waals surface area contributed by atoms with Crippen molar-refractivity contribution in [1.82, 2.24) is 0 Å². The molecule has 1 rings (SSSR count). The summed E-state index contributed by atoms with van der Waals surface area (Å²) in [5, 5.41) is 30.2. The van der Waals surface area contributed by atoms with Gasteiger partial charge in [0.05, 0.1) is 16.6 Å². The fraction of sp³-hybridized carbons (Fsp3) is 0.400. The Hall–Kier alpha value is -1.31. The Morgan fingerprint density at radius 2 is 2.12 bits per heavy atom. The molecule has 1 aromatic rings. The summed E-state index contributed by atoms with van der Waals surface area (Å²) in [6, 6.07) is 3.95. The molecule has 7 heteroatoms. The molecule has 0 fully saturated rings. The highest BCUT2D eigenvalue weighted by atomic mass is 32.1. The molecule has 0 spiro atoms. The first-order valence-corrected chi connectivity index (χ1v) is 5.61. The predicted octanol–water partition coefficient (Wildman–Crippen LogP) is 0.891. The lowest BCUT2D eigenvalue weighted by molar-refractivity contribution is -0.386. The van der Waals surface area contributed by atoms with Crippen LogP contribution in [0, 0.1) is 10.1 Å². The number of thiol groups is 1. The number of hydrogen-bond donors (Lipinski definition) is 4. The van der Waals surface area contributed by atoms with Gasteiger partial charge < -0.3 is 15.9 Å². The van der Waals surface area contributed by atoms with E-state index >= 15 is 0 Å². The lowest BCUT2D eigenvalue weighted by Gasteiger charge is -2.17. The van der Waals surface area contributed by atoms with Crippen LogP contribution >= 0.6 is 12.6 Å². The van der Waals surface area contributed by atoms with Crippen LogP contribution in [0.4, 0.5) is 11.4 Å². The maximum Gasteiger partial charge on any atom is 0.277 e. The molecule has 0 amide bonds. The van der Waals surface area contributed by atoms with Gasteiger partial charge in [-0.05, 0) is 24.3 Å². The van der Waals surface area contributed by atoms with E-state index in [1.807, 2.05) is 0 Å². The van der Waals surface area contributed by atoms with E-state index in [0.717, 1.165) is 6.07 Å². The van der Waals surface area contributed by atoms with Crippen molar-refractivity contribution >= 4 is 24.0 Å². The van der Waals surface area contributed by atoms with E-state index in [1.165, 1.54) is 12.1 Å². The van der Waals surface area contributed by atoms with Crippen LogP contribution in [-0.2, 0) is 0 Å². The third-order valence-corrected chi connectivity index (χ3v) is 2.62. The van der Waals surface area contributed by atoms with Gasteiger partial charge in [0.1, 0.15) is 6.10 Å². The maximum atomic E-state index is 10.8. The second-order valence-electron chi connectivity index (χ2n) is 3.60. The van der Waals surface area contributed by atoms with Crippen molar-refractivity contribution in [3.63, 3.8) is 0 Å². The second-order valence-corrected chi connectivity index (χ2v) is 4.05. The van der Waals surface area contributed by atoms with Gasteiger partial charge >= 0.3 is 0 Å². The van der Waals surface area contributed by atoms with Crippen molar-refractivity contribution in [2.75, 3.05) is 11.5 Å². The number of aliphatic hydroxyl groups is 2. The summed E-state index contributed by atoms with van der Waals surface area (Å²) in [5.41, 5.74) is 5.43. The lowest BCUT2D eigenvalue weighted by atomic mass is 10.0. The maximum absolute atomic E-state index is 10.8. The van der Waals surface area contributed by atoms with E-state index < -0.39 is 17.1 Å². The summed E-state index contributed by atoms with van der Waals surface area (Å²) in [4.78, 5) is 10.2. The molecule has 1 aromatic carbocycles. The van der Waals surface area contributed by atoms with Gasteiger partial charge in [-0.15, -0.1) is 0 Å². The number of hydrogen-bond acceptors (Lipinski definition) is 6. The Kier molecular flexibility index (Phi) is 4.73. The Labute approximate surface area is 104 Å². The molecule has 2 unspecified atom stereocenters. The quantitative estimate of drug-likeness (QED) is 0.271. The minimum atomic E-state index is -1.32. The number of benzene rings is 1. The first-order chi connectivity index (χ1) is 7.97. The molecule has 0 aliphatic rings. The topological polar surface area (TPSA) is 110 Å². The monoisotopic (exact) mass is 258 g/mol. The summed E-state index contributed by atoms with van der Waals surface area (Å²) in [6.45, 7) is 0. The molecule has 0 aliphatic carbocycles. The van der Waals surface area contributed by atoms with Gasteiger partial charge in [-0.1, -0.05) is 0 Å². The summed E-state index contributed by atoms with van der Waals surface area (Å²) >= 11 is 3.92. The third kappa shape index (κ3) is 3.32. The average Bonchev–Trinajstić information content (AvgIpc) is 2.28. The van der Waals surface area contributed by atoms with Crippen molar-refractivity contribution in [2.45, 2.75) is 18.6 Å². The number of anilines is 1. The SMILES string of the molecule is Nc1ccc(C(O)C(O)CCS)c([N+](=O)[O-])c1. The minimum absolute atomic E-state index is 0.0542. The molecular weight excluding hydrogens is 244 g/mol. The van der Waals surface area contributed by atoms with Crippen LogP contribution < -0.4 is 5.73 Å². The molecule has 0 saturated heterocycles. The fourth-order valence-electron chi connectivity index (χ4n) is 1.47. The van der Waals surface area contributed by atoms with Gasteiger partial charge in [0.25, 0.3) is 5.69 Å². The zero-order chi connectivity index (χ0) is 13.0. The summed E-state index contributed by atoms with van der Waals surface area (Å²) in [6.07, 6.45) is -2.16. The minimum Gasteiger partial charge on any atom is -0.399 e. The molecule has 0 aromatic heterocycles. The lowest BCUT2D eigenvalue weighted by Crippen LogP contribution is -2.19. The smallest absolute Gasteiger partial charge is 0.277 e. The third-order valence-electron chi connectivity index (χ3n) is 2.36. The zero-order valence-corrected chi connectivity index (χ0v) is 9.88. The molecule has 0 bridgehead atoms. The van der Waals surface area contributed by atoms with Crippen LogP contribution in [0.5, 0.6) is 0 Å². The molecule has 0 heterocycles. The van der Waals surface area contributed by atoms with Gasteiger partial charge in [-0.2, -0.15) is 12.6 Å². The summed E-state index contributed by atoms with van der Waals surface area (Å²) in [5.74, 6) is 0.376. The van der Waals surface area contributed by atoms with Gasteiger partial charge in [0.2, 0.25) is 0 Å². The van der Waals surface area contributed by atoms with Crippen LogP contribution in [0.1, 0.15) is 18.1 Å². The van der Waals surface area contributed by atoms with E-state index in [4.69, 9.17) is 5.73 Å². The van der Waals surface area contributed by atoms with Crippen molar-refractivity contribution in [3.8, 4) is 0 Å². The van der Waals surface area contributed by atoms with E-state index in [1.54, 1.807) is 0 Å². The Morgan fingerprint density at radius 1 is 1.47 bits per heavy atom. The number of rotatable bonds is 5. The van der Waals surface area contributed by atoms with E-state index in [0.29, 0.717) is 5.75 Å². The first kappa shape index (κ1) is 13.8. The number of nitrogens with two attached hydrogens (primary N) is 1. The number of aliphatic hydroxyl groups excluding tert-OH is 2. The molecule has 0 radical (unpaired) electrons. The van der Waals surface area contributed by atoms with Gasteiger partial charge in [0, 0.05) is 11.8 Å². The van der Waals surface area contributed by atoms with Crippen LogP contribution in [0.25, 0.3) is 0 Å². The number of nitrogens with zero attached hydrogens (tertiary/aromatic N) is 1. The Bertz CT molecular complexity index is 413. The van der Waals surface area contributed by atoms with Crippen LogP contribution in [-0.4, -0.2) is 27.0 Å². The number of nitro benzene ring substituents is 1. The molecule has 2 atom stereocenters. The normalized spacial score (nSPS) is 14.3. The standard InChI is InChI=1S/C10H14N2O4S/c11-6-1-2-7(8(5-6)12(15)16)10(14)9(13)3-4-17/h1-2,5,9-10,13-14,17H,3-4,11H2. The molecule has 94 valence electrons. The number of nitro groups is 1. The molecule has 0 aliphatic heterocycles. The Morgan fingerprint density at radius 3 is 2.65 bits per heavy atom. The highest BCUT2D eigenvalue weighted by molar-refractivity contribution is 7.80. The van der Waals surface area contributed by atoms with Gasteiger partial charge in [-0.25, -0.2) is 0 Å². The highest BCUT2D eigenvalue weighted by Crippen LogP contribution is 2.30. The van der Waals surface area contributed by atoms with Gasteiger partial charge in [0.15, 0.2) is 0 Å². The van der Waals surface area contributed by atoms with Crippen molar-refractivity contribution in [2.24, 2.45) is 0 Å². The summed E-state index contributed by atoms with van der Waals surface area (Å²) in [7, 11) is 0. The highest BCUT2D eigenvalue weighted by Gasteiger charge is 2.25. The van der Waals surface area contributed by atoms with E-state index in [2.05, 4.69) is 12.6 Å². The average molecular weight is 258 g/mol. The molecule has 4 N–H and O–H groups in total. The fourth-order valence-corrected chi connectivity index (χ4v) is 1.73. The largest absolute Gasteiger partial charge is 0.399 e. The van der Waals surface area contributed by atoms with E-state index in [-0.39, 0.29) is 23.4 Å². The molecular formula is C10H14N2O4S. The predicted molar refractivity (Wildman–Crippen MR) is 66.9 cm³/mol. The Balaban J connectivity index is 3.08. The molecule has 0 saturated carbocycles. The van der Waals surface area contributed by atoms with Crippen LogP contribution in [0.2, 0.25) is 0 Å². The van der Waals surface area contributed by atoms with Crippen molar-refractivity contribution < 1.29 is 15.1 Å². The van der Waals surface area contributed by atoms with Gasteiger partial charge in [-0.3, -0.25) is 10.1 Å². The zero-order valence-electron chi connectivity index (χ0n) is 8.98. The van der Waals surface area contributed by atoms with Crippen molar-refractivity contribution in [3.05, 3.63) is 33.9 Å². The van der Waals surface area contributed by atoms with Crippen molar-refractivity contribution in [1.29, 1.82) is 0 Å². The molecule has 6 nitrogen and oxygen atoms in total. The first-order valence-electron chi connectivity index (χ1n) is 4.98. The van der Waals surface area contributed by atoms with Crippen LogP contribution in [0.3, 0.4) is 0 Å². The second kappa shape index (κ2) is 5.85.